The Kier molecular flexibility index (Phi) is 5.05. The van der Waals surface area contributed by atoms with E-state index in [-0.39, 0.29) is 29.2 Å². The van der Waals surface area contributed by atoms with Crippen LogP contribution >= 0.6 is 0 Å². The number of carbonyl (C=O) groups is 1. The van der Waals surface area contributed by atoms with Gasteiger partial charge in [0.15, 0.2) is 11.6 Å². The van der Waals surface area contributed by atoms with Crippen molar-refractivity contribution in [1.29, 1.82) is 0 Å². The number of carbonyl (C=O) groups excluding carboxylic acids is 1. The maximum atomic E-state index is 14.1. The van der Waals surface area contributed by atoms with Gasteiger partial charge in [0.2, 0.25) is 0 Å². The summed E-state index contributed by atoms with van der Waals surface area (Å²) in [6.07, 6.45) is 9.85. The van der Waals surface area contributed by atoms with Crippen molar-refractivity contribution < 1.29 is 14.3 Å². The van der Waals surface area contributed by atoms with Gasteiger partial charge in [0.25, 0.3) is 0 Å². The van der Waals surface area contributed by atoms with Crippen molar-refractivity contribution in [3.63, 3.8) is 0 Å². The van der Waals surface area contributed by atoms with Crippen LogP contribution in [0.2, 0.25) is 0 Å². The fraction of sp³-hybridized carbons (Fsp3) is 0.750. The first kappa shape index (κ1) is 22.6. The van der Waals surface area contributed by atoms with Gasteiger partial charge in [0.05, 0.1) is 5.60 Å². The zero-order valence-electron chi connectivity index (χ0n) is 20.8. The minimum absolute atomic E-state index is 0.0371. The van der Waals surface area contributed by atoms with Crippen LogP contribution in [-0.2, 0) is 11.3 Å². The third-order valence-electron chi connectivity index (χ3n) is 11.0. The molecule has 6 rings (SSSR count). The number of nitrogens with zero attached hydrogens (tertiary/aromatic N) is 3. The van der Waals surface area contributed by atoms with E-state index in [9.17, 15) is 14.3 Å². The molecule has 184 valence electrons. The van der Waals surface area contributed by atoms with E-state index in [0.717, 1.165) is 44.4 Å². The van der Waals surface area contributed by atoms with Gasteiger partial charge in [-0.25, -0.2) is 4.39 Å². The van der Waals surface area contributed by atoms with E-state index in [0.29, 0.717) is 28.7 Å². The fourth-order valence-electron chi connectivity index (χ4n) is 9.23. The highest BCUT2D eigenvalue weighted by Gasteiger charge is 2.61. The van der Waals surface area contributed by atoms with Crippen molar-refractivity contribution in [2.75, 3.05) is 0 Å². The molecule has 1 unspecified atom stereocenters. The quantitative estimate of drug-likeness (QED) is 0.643. The van der Waals surface area contributed by atoms with Gasteiger partial charge in [-0.2, -0.15) is 9.90 Å². The standard InChI is InChI=1S/C28H38FN3O2/c1-26(34)13-14-27(2)17(15-26)7-8-18-19-9-10-21(28(19,3)12-11-20(18)27)24(33)16-32-30-23-6-4-5-22(29)25(23)31-32/h4-6,17-21,34H,7-16H2,1-3H3/t17-,18-,19-,20-,21+,26+,27?,28-/m0/s1. The van der Waals surface area contributed by atoms with E-state index in [1.807, 2.05) is 6.92 Å². The van der Waals surface area contributed by atoms with Crippen molar-refractivity contribution in [2.45, 2.75) is 90.7 Å². The zero-order valence-corrected chi connectivity index (χ0v) is 20.8. The molecule has 1 aromatic heterocycles. The Morgan fingerprint density at radius 1 is 1.03 bits per heavy atom. The molecule has 0 saturated heterocycles. The summed E-state index contributed by atoms with van der Waals surface area (Å²) in [7, 11) is 0. The van der Waals surface area contributed by atoms with Crippen LogP contribution in [0.5, 0.6) is 0 Å². The SMILES string of the molecule is CC12CC[C@@](C)(O)C[C@@H]1CC[C@@H]1[C@@H]2CC[C@]2(C)[C@@H](C(=O)Cn3nc4cccc(F)c4n3)CC[C@@H]12. The van der Waals surface area contributed by atoms with Crippen molar-refractivity contribution in [3.05, 3.63) is 24.0 Å². The summed E-state index contributed by atoms with van der Waals surface area (Å²) in [6, 6.07) is 4.75. The summed E-state index contributed by atoms with van der Waals surface area (Å²) in [5, 5.41) is 19.4. The van der Waals surface area contributed by atoms with E-state index in [1.165, 1.54) is 30.1 Å². The van der Waals surface area contributed by atoms with Gasteiger partial charge in [-0.3, -0.25) is 4.79 Å². The number of benzene rings is 1. The Balaban J connectivity index is 1.21. The van der Waals surface area contributed by atoms with Crippen LogP contribution in [0.1, 0.15) is 78.6 Å². The van der Waals surface area contributed by atoms with E-state index < -0.39 is 11.4 Å². The predicted molar refractivity (Wildman–Crippen MR) is 128 cm³/mol. The minimum Gasteiger partial charge on any atom is -0.390 e. The molecule has 8 atom stereocenters. The normalized spacial score (nSPS) is 43.9. The highest BCUT2D eigenvalue weighted by atomic mass is 19.1. The molecule has 34 heavy (non-hydrogen) atoms. The Hall–Kier alpha value is -1.82. The highest BCUT2D eigenvalue weighted by Crippen LogP contribution is 2.68. The summed E-state index contributed by atoms with van der Waals surface area (Å²) in [5.41, 5.74) is 0.610. The molecular formula is C28H38FN3O2. The van der Waals surface area contributed by atoms with Gasteiger partial charge in [0, 0.05) is 5.92 Å². The molecule has 4 aliphatic rings. The molecule has 4 fully saturated rings. The molecular weight excluding hydrogens is 429 g/mol. The largest absolute Gasteiger partial charge is 0.390 e. The average Bonchev–Trinajstić information content (AvgIpc) is 3.35. The van der Waals surface area contributed by atoms with Crippen LogP contribution in [0.3, 0.4) is 0 Å². The predicted octanol–water partition coefficient (Wildman–Crippen LogP) is 5.55. The first-order valence-electron chi connectivity index (χ1n) is 13.4. The monoisotopic (exact) mass is 467 g/mol. The summed E-state index contributed by atoms with van der Waals surface area (Å²) in [5.74, 6) is 2.49. The van der Waals surface area contributed by atoms with Gasteiger partial charge in [-0.05, 0) is 111 Å². The second-order valence-electron chi connectivity index (χ2n) is 12.8. The summed E-state index contributed by atoms with van der Waals surface area (Å²) in [6.45, 7) is 7.03. The van der Waals surface area contributed by atoms with Gasteiger partial charge >= 0.3 is 0 Å². The number of hydrogen-bond acceptors (Lipinski definition) is 4. The molecule has 5 nitrogen and oxygen atoms in total. The Labute approximate surface area is 201 Å². The number of Topliss-reactive ketones (excluding diaryl/α,β-unsaturated/α-hetero) is 1. The van der Waals surface area contributed by atoms with Crippen LogP contribution in [0.15, 0.2) is 18.2 Å². The third kappa shape index (κ3) is 3.30. The number of fused-ring (bicyclic) bond motifs is 6. The summed E-state index contributed by atoms with van der Waals surface area (Å²) < 4.78 is 14.1. The lowest BCUT2D eigenvalue weighted by molar-refractivity contribution is -0.151. The molecule has 0 bridgehead atoms. The van der Waals surface area contributed by atoms with Crippen molar-refractivity contribution in [1.82, 2.24) is 15.0 Å². The second-order valence-corrected chi connectivity index (χ2v) is 12.8. The number of rotatable bonds is 3. The lowest BCUT2D eigenvalue weighted by atomic mass is 9.44. The maximum Gasteiger partial charge on any atom is 0.159 e. The molecule has 2 aromatic rings. The number of ketones is 1. The van der Waals surface area contributed by atoms with Crippen LogP contribution < -0.4 is 0 Å². The zero-order chi connectivity index (χ0) is 23.9. The van der Waals surface area contributed by atoms with Crippen molar-refractivity contribution in [3.8, 4) is 0 Å². The van der Waals surface area contributed by atoms with E-state index in [1.54, 1.807) is 12.1 Å². The minimum atomic E-state index is -0.501. The van der Waals surface area contributed by atoms with Crippen LogP contribution in [0.4, 0.5) is 4.39 Å². The third-order valence-corrected chi connectivity index (χ3v) is 11.0. The van der Waals surface area contributed by atoms with E-state index >= 15 is 0 Å². The molecule has 4 aliphatic carbocycles. The van der Waals surface area contributed by atoms with Gasteiger partial charge in [-0.1, -0.05) is 19.9 Å². The molecule has 1 N–H and O–H groups in total. The van der Waals surface area contributed by atoms with Crippen LogP contribution in [-0.4, -0.2) is 31.5 Å². The summed E-state index contributed by atoms with van der Waals surface area (Å²) in [4.78, 5) is 14.9. The number of aromatic nitrogens is 3. The number of aliphatic hydroxyl groups is 1. The molecule has 0 spiro atoms. The smallest absolute Gasteiger partial charge is 0.159 e. The molecule has 0 aliphatic heterocycles. The molecule has 1 heterocycles. The molecule has 0 radical (unpaired) electrons. The van der Waals surface area contributed by atoms with Gasteiger partial charge in [0.1, 0.15) is 17.6 Å². The Bertz CT molecular complexity index is 1130. The fourth-order valence-corrected chi connectivity index (χ4v) is 9.23. The van der Waals surface area contributed by atoms with Gasteiger partial charge < -0.3 is 5.11 Å². The Morgan fingerprint density at radius 3 is 2.62 bits per heavy atom. The molecule has 0 amide bonds. The van der Waals surface area contributed by atoms with Crippen molar-refractivity contribution in [2.24, 2.45) is 40.4 Å². The lowest BCUT2D eigenvalue weighted by Gasteiger charge is -2.61. The first-order chi connectivity index (χ1) is 16.1. The average molecular weight is 468 g/mol. The van der Waals surface area contributed by atoms with Gasteiger partial charge in [-0.15, -0.1) is 5.10 Å². The second kappa shape index (κ2) is 7.59. The maximum absolute atomic E-state index is 14.1. The Morgan fingerprint density at radius 2 is 1.82 bits per heavy atom. The number of hydrogen-bond donors (Lipinski definition) is 1. The molecule has 4 saturated carbocycles. The highest BCUT2D eigenvalue weighted by molar-refractivity contribution is 5.82. The topological polar surface area (TPSA) is 68.0 Å². The molecule has 1 aromatic carbocycles. The molecule has 6 heteroatoms. The van der Waals surface area contributed by atoms with E-state index in [2.05, 4.69) is 24.0 Å². The van der Waals surface area contributed by atoms with E-state index in [4.69, 9.17) is 0 Å². The first-order valence-corrected chi connectivity index (χ1v) is 13.4. The van der Waals surface area contributed by atoms with Crippen LogP contribution in [0.25, 0.3) is 11.0 Å². The summed E-state index contributed by atoms with van der Waals surface area (Å²) >= 11 is 0. The lowest BCUT2D eigenvalue weighted by Crippen LogP contribution is -2.55. The van der Waals surface area contributed by atoms with Crippen molar-refractivity contribution >= 4 is 16.8 Å². The number of halogens is 1. The van der Waals surface area contributed by atoms with Crippen LogP contribution in [0, 0.1) is 46.2 Å².